The Morgan fingerprint density at radius 3 is 2.43 bits per heavy atom. The largest absolute Gasteiger partial charge is 0.366 e. The maximum absolute atomic E-state index is 6.19. The lowest BCUT2D eigenvalue weighted by Crippen LogP contribution is -2.57. The van der Waals surface area contributed by atoms with E-state index in [1.165, 1.54) is 11.3 Å². The summed E-state index contributed by atoms with van der Waals surface area (Å²) in [5.74, 6) is 0. The molecule has 2 heterocycles. The highest BCUT2D eigenvalue weighted by atomic mass is 16.5. The molecule has 0 saturated carbocycles. The van der Waals surface area contributed by atoms with Crippen LogP contribution in [0, 0.1) is 6.92 Å². The van der Waals surface area contributed by atoms with E-state index in [9.17, 15) is 0 Å². The van der Waals surface area contributed by atoms with Crippen molar-refractivity contribution in [1.82, 2.24) is 10.3 Å². The van der Waals surface area contributed by atoms with Crippen LogP contribution in [0.4, 0.5) is 5.69 Å². The molecule has 2 rings (SSSR count). The third-order valence-corrected chi connectivity index (χ3v) is 3.70. The fourth-order valence-corrected chi connectivity index (χ4v) is 3.22. The standard InChI is InChI=1S/C17H29N3O/c1-7-18-9-14-10-19-13(2)8-15(14)20-11-16(3,4)21-17(5,6)12-20/h8,10,18H,7,9,11-12H2,1-6H3. The van der Waals surface area contributed by atoms with Gasteiger partial charge in [0.2, 0.25) is 0 Å². The molecule has 118 valence electrons. The number of hydrogen-bond donors (Lipinski definition) is 1. The first-order valence-electron chi connectivity index (χ1n) is 7.84. The molecular formula is C17H29N3O. The number of nitrogens with zero attached hydrogens (tertiary/aromatic N) is 2. The Morgan fingerprint density at radius 2 is 1.86 bits per heavy atom. The van der Waals surface area contributed by atoms with Gasteiger partial charge in [-0.1, -0.05) is 6.92 Å². The van der Waals surface area contributed by atoms with E-state index < -0.39 is 0 Å². The van der Waals surface area contributed by atoms with Crippen LogP contribution < -0.4 is 10.2 Å². The first kappa shape index (κ1) is 16.2. The fraction of sp³-hybridized carbons (Fsp3) is 0.706. The summed E-state index contributed by atoms with van der Waals surface area (Å²) in [4.78, 5) is 6.91. The minimum Gasteiger partial charge on any atom is -0.366 e. The zero-order chi connectivity index (χ0) is 15.7. The van der Waals surface area contributed by atoms with Gasteiger partial charge in [-0.15, -0.1) is 0 Å². The smallest absolute Gasteiger partial charge is 0.0808 e. The lowest BCUT2D eigenvalue weighted by molar-refractivity contribution is -0.133. The van der Waals surface area contributed by atoms with E-state index in [0.717, 1.165) is 31.9 Å². The molecule has 1 aromatic heterocycles. The van der Waals surface area contributed by atoms with Gasteiger partial charge in [-0.25, -0.2) is 0 Å². The predicted molar refractivity (Wildman–Crippen MR) is 87.8 cm³/mol. The molecule has 0 spiro atoms. The van der Waals surface area contributed by atoms with Gasteiger partial charge in [0.05, 0.1) is 11.2 Å². The molecule has 21 heavy (non-hydrogen) atoms. The predicted octanol–water partition coefficient (Wildman–Crippen LogP) is 2.89. The first-order valence-corrected chi connectivity index (χ1v) is 7.84. The summed E-state index contributed by atoms with van der Waals surface area (Å²) in [7, 11) is 0. The van der Waals surface area contributed by atoms with Gasteiger partial charge in [0.1, 0.15) is 0 Å². The minimum absolute atomic E-state index is 0.144. The summed E-state index contributed by atoms with van der Waals surface area (Å²) in [5, 5.41) is 3.41. The van der Waals surface area contributed by atoms with E-state index in [2.05, 4.69) is 62.8 Å². The molecule has 1 aliphatic heterocycles. The number of morpholine rings is 1. The van der Waals surface area contributed by atoms with Gasteiger partial charge in [0.15, 0.2) is 0 Å². The van der Waals surface area contributed by atoms with E-state index in [1.807, 2.05) is 6.20 Å². The maximum Gasteiger partial charge on any atom is 0.0808 e. The van der Waals surface area contributed by atoms with Crippen LogP contribution in [0.1, 0.15) is 45.9 Å². The fourth-order valence-electron chi connectivity index (χ4n) is 3.22. The van der Waals surface area contributed by atoms with Crippen LogP contribution in [0.3, 0.4) is 0 Å². The zero-order valence-electron chi connectivity index (χ0n) is 14.3. The molecule has 4 heteroatoms. The van der Waals surface area contributed by atoms with Crippen molar-refractivity contribution >= 4 is 5.69 Å². The van der Waals surface area contributed by atoms with Gasteiger partial charge in [-0.2, -0.15) is 0 Å². The molecule has 1 fully saturated rings. The molecule has 1 aliphatic rings. The molecule has 0 amide bonds. The Balaban J connectivity index is 2.33. The molecule has 0 radical (unpaired) electrons. The highest BCUT2D eigenvalue weighted by Crippen LogP contribution is 2.33. The number of anilines is 1. The van der Waals surface area contributed by atoms with Crippen molar-refractivity contribution in [1.29, 1.82) is 0 Å². The summed E-state index contributed by atoms with van der Waals surface area (Å²) in [6, 6.07) is 2.20. The summed E-state index contributed by atoms with van der Waals surface area (Å²) < 4.78 is 6.19. The van der Waals surface area contributed by atoms with Gasteiger partial charge >= 0.3 is 0 Å². The monoisotopic (exact) mass is 291 g/mol. The number of nitrogens with one attached hydrogen (secondary N) is 1. The SMILES string of the molecule is CCNCc1cnc(C)cc1N1CC(C)(C)OC(C)(C)C1. The van der Waals surface area contributed by atoms with Gasteiger partial charge in [-0.3, -0.25) is 4.98 Å². The van der Waals surface area contributed by atoms with Crippen LogP contribution in [0.15, 0.2) is 12.3 Å². The Hall–Kier alpha value is -1.13. The molecular weight excluding hydrogens is 262 g/mol. The van der Waals surface area contributed by atoms with Gasteiger partial charge in [0, 0.05) is 42.8 Å². The van der Waals surface area contributed by atoms with Crippen molar-refractivity contribution in [3.05, 3.63) is 23.5 Å². The molecule has 1 N–H and O–H groups in total. The lowest BCUT2D eigenvalue weighted by atomic mass is 9.97. The molecule has 1 saturated heterocycles. The van der Waals surface area contributed by atoms with Crippen LogP contribution in [0.2, 0.25) is 0 Å². The molecule has 0 bridgehead atoms. The summed E-state index contributed by atoms with van der Waals surface area (Å²) in [5.41, 5.74) is 3.32. The lowest BCUT2D eigenvalue weighted by Gasteiger charge is -2.48. The summed E-state index contributed by atoms with van der Waals surface area (Å²) in [6.45, 7) is 16.5. The van der Waals surface area contributed by atoms with E-state index in [0.29, 0.717) is 0 Å². The van der Waals surface area contributed by atoms with E-state index in [1.54, 1.807) is 0 Å². The summed E-state index contributed by atoms with van der Waals surface area (Å²) in [6.07, 6.45) is 2.00. The van der Waals surface area contributed by atoms with Crippen molar-refractivity contribution in [2.45, 2.75) is 59.3 Å². The van der Waals surface area contributed by atoms with Crippen molar-refractivity contribution < 1.29 is 4.74 Å². The normalized spacial score (nSPS) is 20.6. The Kier molecular flexibility index (Phi) is 4.59. The van der Waals surface area contributed by atoms with Crippen molar-refractivity contribution in [3.8, 4) is 0 Å². The number of ether oxygens (including phenoxy) is 1. The topological polar surface area (TPSA) is 37.4 Å². The quantitative estimate of drug-likeness (QED) is 0.925. The zero-order valence-corrected chi connectivity index (χ0v) is 14.3. The number of rotatable bonds is 4. The van der Waals surface area contributed by atoms with E-state index in [4.69, 9.17) is 4.74 Å². The number of aryl methyl sites for hydroxylation is 1. The van der Waals surface area contributed by atoms with E-state index >= 15 is 0 Å². The van der Waals surface area contributed by atoms with Crippen LogP contribution in [0.25, 0.3) is 0 Å². The average Bonchev–Trinajstić information content (AvgIpc) is 2.33. The molecule has 0 atom stereocenters. The Morgan fingerprint density at radius 1 is 1.24 bits per heavy atom. The van der Waals surface area contributed by atoms with Gasteiger partial charge in [0.25, 0.3) is 0 Å². The van der Waals surface area contributed by atoms with Crippen LogP contribution >= 0.6 is 0 Å². The van der Waals surface area contributed by atoms with Crippen molar-refractivity contribution in [3.63, 3.8) is 0 Å². The number of hydrogen-bond acceptors (Lipinski definition) is 4. The Bertz CT molecular complexity index is 481. The molecule has 4 nitrogen and oxygen atoms in total. The second-order valence-electron chi connectivity index (χ2n) is 7.21. The maximum atomic E-state index is 6.19. The molecule has 0 unspecified atom stereocenters. The van der Waals surface area contributed by atoms with Crippen LogP contribution in [-0.4, -0.2) is 35.8 Å². The van der Waals surface area contributed by atoms with Gasteiger partial charge < -0.3 is 15.0 Å². The number of aromatic nitrogens is 1. The molecule has 0 aromatic carbocycles. The summed E-state index contributed by atoms with van der Waals surface area (Å²) >= 11 is 0. The van der Waals surface area contributed by atoms with Crippen LogP contribution in [-0.2, 0) is 11.3 Å². The number of pyridine rings is 1. The molecule has 1 aromatic rings. The second kappa shape index (κ2) is 5.93. The highest BCUT2D eigenvalue weighted by Gasteiger charge is 2.38. The minimum atomic E-state index is -0.144. The second-order valence-corrected chi connectivity index (χ2v) is 7.21. The third-order valence-electron chi connectivity index (χ3n) is 3.70. The average molecular weight is 291 g/mol. The van der Waals surface area contributed by atoms with Gasteiger partial charge in [-0.05, 0) is 47.2 Å². The van der Waals surface area contributed by atoms with Crippen molar-refractivity contribution in [2.75, 3.05) is 24.5 Å². The van der Waals surface area contributed by atoms with Crippen molar-refractivity contribution in [2.24, 2.45) is 0 Å². The van der Waals surface area contributed by atoms with Crippen LogP contribution in [0.5, 0.6) is 0 Å². The highest BCUT2D eigenvalue weighted by molar-refractivity contribution is 5.54. The third kappa shape index (κ3) is 4.17. The Labute approximate surface area is 128 Å². The molecule has 0 aliphatic carbocycles. The van der Waals surface area contributed by atoms with E-state index in [-0.39, 0.29) is 11.2 Å². The first-order chi connectivity index (χ1) is 9.72.